The molecule has 0 aliphatic heterocycles. The molecule has 2 heterocycles. The van der Waals surface area contributed by atoms with E-state index in [1.165, 1.54) is 9.36 Å². The number of hydrogen-bond acceptors (Lipinski definition) is 5. The van der Waals surface area contributed by atoms with E-state index < -0.39 is 5.91 Å². The van der Waals surface area contributed by atoms with Gasteiger partial charge in [-0.05, 0) is 6.07 Å². The molecule has 0 saturated heterocycles. The summed E-state index contributed by atoms with van der Waals surface area (Å²) < 4.78 is 2.91. The Morgan fingerprint density at radius 3 is 2.39 bits per heavy atom. The van der Waals surface area contributed by atoms with Crippen LogP contribution in [0.5, 0.6) is 0 Å². The second kappa shape index (κ2) is 7.07. The van der Waals surface area contributed by atoms with Crippen LogP contribution in [0, 0.1) is 0 Å². The van der Waals surface area contributed by atoms with Gasteiger partial charge < -0.3 is 5.73 Å². The van der Waals surface area contributed by atoms with Crippen LogP contribution in [0.25, 0.3) is 22.0 Å². The molecule has 0 saturated carbocycles. The van der Waals surface area contributed by atoms with Crippen LogP contribution >= 0.6 is 0 Å². The highest BCUT2D eigenvalue weighted by Crippen LogP contribution is 2.24. The largest absolute Gasteiger partial charge is 0.369 e. The fourth-order valence-electron chi connectivity index (χ4n) is 3.13. The minimum atomic E-state index is -0.510. The summed E-state index contributed by atoms with van der Waals surface area (Å²) in [6.07, 6.45) is -0.0524. The fourth-order valence-corrected chi connectivity index (χ4v) is 3.13. The molecule has 2 aromatic heterocycles. The molecule has 0 atom stereocenters. The molecule has 2 aromatic carbocycles. The van der Waals surface area contributed by atoms with Gasteiger partial charge in [0.25, 0.3) is 5.56 Å². The van der Waals surface area contributed by atoms with Gasteiger partial charge in [-0.25, -0.2) is 9.67 Å². The lowest BCUT2D eigenvalue weighted by molar-refractivity contribution is -0.117. The van der Waals surface area contributed by atoms with Crippen LogP contribution in [0.4, 0.5) is 0 Å². The summed E-state index contributed by atoms with van der Waals surface area (Å²) in [4.78, 5) is 28.4. The standard InChI is InChI=1S/C20H18N6O2/c1-25-18(22-17(23-25)11-16(21)27)12-26-20(28)15-10-6-5-9-14(15)19(24-26)13-7-3-2-4-8-13/h2-10H,11-12H2,1H3,(H2,21,27). The molecule has 2 N–H and O–H groups in total. The molecule has 8 heteroatoms. The number of amides is 1. The van der Waals surface area contributed by atoms with Gasteiger partial charge in [0.1, 0.15) is 12.4 Å². The minimum Gasteiger partial charge on any atom is -0.369 e. The highest BCUT2D eigenvalue weighted by molar-refractivity contribution is 5.93. The molecule has 0 aliphatic rings. The van der Waals surface area contributed by atoms with Gasteiger partial charge in [-0.2, -0.15) is 10.2 Å². The molecule has 28 heavy (non-hydrogen) atoms. The molecule has 4 aromatic rings. The Kier molecular flexibility index (Phi) is 4.44. The van der Waals surface area contributed by atoms with E-state index in [-0.39, 0.29) is 18.5 Å². The van der Waals surface area contributed by atoms with Crippen molar-refractivity contribution in [2.24, 2.45) is 12.8 Å². The number of carbonyl (C=O) groups excluding carboxylic acids is 1. The maximum absolute atomic E-state index is 13.0. The Hall–Kier alpha value is -3.81. The van der Waals surface area contributed by atoms with E-state index in [2.05, 4.69) is 15.2 Å². The van der Waals surface area contributed by atoms with Gasteiger partial charge in [0.15, 0.2) is 5.82 Å². The van der Waals surface area contributed by atoms with Crippen molar-refractivity contribution in [1.29, 1.82) is 0 Å². The summed E-state index contributed by atoms with van der Waals surface area (Å²) in [5, 5.41) is 10.2. The number of nitrogens with zero attached hydrogens (tertiary/aromatic N) is 5. The van der Waals surface area contributed by atoms with Crippen molar-refractivity contribution >= 4 is 16.7 Å². The van der Waals surface area contributed by atoms with Crippen LogP contribution in [-0.2, 0) is 24.8 Å². The number of rotatable bonds is 5. The number of nitrogens with two attached hydrogens (primary N) is 1. The van der Waals surface area contributed by atoms with E-state index in [1.807, 2.05) is 48.5 Å². The molecular formula is C20H18N6O2. The van der Waals surface area contributed by atoms with Gasteiger partial charge in [-0.15, -0.1) is 0 Å². The number of primary amides is 1. The molecule has 0 aliphatic carbocycles. The van der Waals surface area contributed by atoms with Crippen molar-refractivity contribution in [2.45, 2.75) is 13.0 Å². The normalized spacial score (nSPS) is 11.0. The second-order valence-corrected chi connectivity index (χ2v) is 6.43. The van der Waals surface area contributed by atoms with Crippen LogP contribution in [0.2, 0.25) is 0 Å². The number of hydrogen-bond donors (Lipinski definition) is 1. The first-order valence-electron chi connectivity index (χ1n) is 8.75. The highest BCUT2D eigenvalue weighted by Gasteiger charge is 2.15. The van der Waals surface area contributed by atoms with E-state index in [0.29, 0.717) is 17.0 Å². The molecule has 1 amide bonds. The van der Waals surface area contributed by atoms with E-state index in [4.69, 9.17) is 5.73 Å². The summed E-state index contributed by atoms with van der Waals surface area (Å²) in [6.45, 7) is 0.131. The third-order valence-corrected chi connectivity index (χ3v) is 4.44. The molecule has 8 nitrogen and oxygen atoms in total. The van der Waals surface area contributed by atoms with Crippen LogP contribution < -0.4 is 11.3 Å². The summed E-state index contributed by atoms with van der Waals surface area (Å²) in [6, 6.07) is 17.1. The Morgan fingerprint density at radius 2 is 1.68 bits per heavy atom. The molecule has 0 radical (unpaired) electrons. The van der Waals surface area contributed by atoms with Crippen LogP contribution in [0.15, 0.2) is 59.4 Å². The van der Waals surface area contributed by atoms with Gasteiger partial charge >= 0.3 is 0 Å². The van der Waals surface area contributed by atoms with Gasteiger partial charge in [0, 0.05) is 18.0 Å². The molecular weight excluding hydrogens is 356 g/mol. The average Bonchev–Trinajstić information content (AvgIpc) is 3.03. The monoisotopic (exact) mass is 374 g/mol. The van der Waals surface area contributed by atoms with E-state index in [0.717, 1.165) is 16.6 Å². The first kappa shape index (κ1) is 17.6. The van der Waals surface area contributed by atoms with Crippen molar-refractivity contribution in [3.8, 4) is 11.3 Å². The summed E-state index contributed by atoms with van der Waals surface area (Å²) in [5.74, 6) is 0.326. The van der Waals surface area contributed by atoms with Crippen molar-refractivity contribution in [3.63, 3.8) is 0 Å². The second-order valence-electron chi connectivity index (χ2n) is 6.43. The fraction of sp³-hybridized carbons (Fsp3) is 0.150. The first-order chi connectivity index (χ1) is 13.5. The zero-order valence-electron chi connectivity index (χ0n) is 15.2. The molecule has 4 rings (SSSR count). The van der Waals surface area contributed by atoms with Gasteiger partial charge in [-0.1, -0.05) is 48.5 Å². The van der Waals surface area contributed by atoms with Gasteiger partial charge in [-0.3, -0.25) is 14.3 Å². The summed E-state index contributed by atoms with van der Waals surface area (Å²) >= 11 is 0. The molecule has 0 bridgehead atoms. The first-order valence-corrected chi connectivity index (χ1v) is 8.75. The van der Waals surface area contributed by atoms with E-state index >= 15 is 0 Å². The number of benzene rings is 2. The molecule has 0 unspecified atom stereocenters. The van der Waals surface area contributed by atoms with Crippen molar-refractivity contribution in [2.75, 3.05) is 0 Å². The average molecular weight is 374 g/mol. The third-order valence-electron chi connectivity index (χ3n) is 4.44. The van der Waals surface area contributed by atoms with Crippen LogP contribution in [0.1, 0.15) is 11.6 Å². The molecule has 0 fully saturated rings. The maximum atomic E-state index is 13.0. The van der Waals surface area contributed by atoms with Crippen LogP contribution in [-0.4, -0.2) is 30.5 Å². The van der Waals surface area contributed by atoms with Crippen molar-refractivity contribution < 1.29 is 4.79 Å². The predicted molar refractivity (Wildman–Crippen MR) is 104 cm³/mol. The lowest BCUT2D eigenvalue weighted by Gasteiger charge is -2.11. The summed E-state index contributed by atoms with van der Waals surface area (Å²) in [5.41, 5.74) is 6.63. The smallest absolute Gasteiger partial charge is 0.275 e. The van der Waals surface area contributed by atoms with Gasteiger partial charge in [0.2, 0.25) is 5.91 Å². The number of carbonyl (C=O) groups is 1. The molecule has 140 valence electrons. The predicted octanol–water partition coefficient (Wildman–Crippen LogP) is 1.27. The van der Waals surface area contributed by atoms with Gasteiger partial charge in [0.05, 0.1) is 17.5 Å². The Labute approximate surface area is 160 Å². The zero-order valence-corrected chi connectivity index (χ0v) is 15.2. The quantitative estimate of drug-likeness (QED) is 0.566. The highest BCUT2D eigenvalue weighted by atomic mass is 16.1. The van der Waals surface area contributed by atoms with E-state index in [1.54, 1.807) is 13.1 Å². The lowest BCUT2D eigenvalue weighted by Crippen LogP contribution is -2.25. The Morgan fingerprint density at radius 1 is 1.00 bits per heavy atom. The minimum absolute atomic E-state index is 0.0524. The Balaban J connectivity index is 1.84. The van der Waals surface area contributed by atoms with E-state index in [9.17, 15) is 9.59 Å². The number of aromatic nitrogens is 5. The van der Waals surface area contributed by atoms with Crippen LogP contribution in [0.3, 0.4) is 0 Å². The molecule has 0 spiro atoms. The van der Waals surface area contributed by atoms with Crippen molar-refractivity contribution in [3.05, 3.63) is 76.6 Å². The summed E-state index contributed by atoms with van der Waals surface area (Å²) in [7, 11) is 1.71. The lowest BCUT2D eigenvalue weighted by atomic mass is 10.1. The SMILES string of the molecule is Cn1nc(CC(N)=O)nc1Cn1nc(-c2ccccc2)c2ccccc2c1=O. The zero-order chi connectivity index (χ0) is 19.7. The number of aryl methyl sites for hydroxylation is 1. The number of fused-ring (bicyclic) bond motifs is 1. The third kappa shape index (κ3) is 3.27. The maximum Gasteiger partial charge on any atom is 0.275 e. The Bertz CT molecular complexity index is 1230. The topological polar surface area (TPSA) is 109 Å². The van der Waals surface area contributed by atoms with Crippen molar-refractivity contribution in [1.82, 2.24) is 24.5 Å².